The number of piperidine rings is 1. The van der Waals surface area contributed by atoms with Gasteiger partial charge in [-0.1, -0.05) is 0 Å². The van der Waals surface area contributed by atoms with E-state index in [1.165, 1.54) is 14.0 Å². The van der Waals surface area contributed by atoms with Gasteiger partial charge in [0.2, 0.25) is 11.8 Å². The summed E-state index contributed by atoms with van der Waals surface area (Å²) in [5.41, 5.74) is 0.556. The van der Waals surface area contributed by atoms with Crippen LogP contribution in [-0.4, -0.2) is 56.4 Å². The van der Waals surface area contributed by atoms with Gasteiger partial charge in [-0.25, -0.2) is 0 Å². The van der Waals surface area contributed by atoms with Crippen molar-refractivity contribution in [3.8, 4) is 11.5 Å². The highest BCUT2D eigenvalue weighted by Crippen LogP contribution is 2.30. The molecule has 1 atom stereocenters. The predicted molar refractivity (Wildman–Crippen MR) is 96.5 cm³/mol. The van der Waals surface area contributed by atoms with Crippen LogP contribution in [-0.2, 0) is 9.59 Å². The maximum Gasteiger partial charge on any atom is 0.224 e. The predicted octanol–water partition coefficient (Wildman–Crippen LogP) is 1.65. The van der Waals surface area contributed by atoms with Crippen LogP contribution in [0.25, 0.3) is 0 Å². The molecular formula is C19H26N2O5. The molecule has 0 aromatic heterocycles. The smallest absolute Gasteiger partial charge is 0.224 e. The molecule has 1 saturated heterocycles. The molecule has 1 aliphatic heterocycles. The van der Waals surface area contributed by atoms with Crippen molar-refractivity contribution in [3.63, 3.8) is 0 Å². The van der Waals surface area contributed by atoms with Gasteiger partial charge in [-0.15, -0.1) is 0 Å². The molecule has 1 unspecified atom stereocenters. The molecule has 2 amide bonds. The summed E-state index contributed by atoms with van der Waals surface area (Å²) in [7, 11) is 3.08. The van der Waals surface area contributed by atoms with Gasteiger partial charge in [0.15, 0.2) is 17.3 Å². The largest absolute Gasteiger partial charge is 0.493 e. The van der Waals surface area contributed by atoms with Crippen molar-refractivity contribution < 1.29 is 23.9 Å². The number of nitrogens with one attached hydrogen (secondary N) is 1. The maximum absolute atomic E-state index is 12.8. The van der Waals surface area contributed by atoms with Crippen molar-refractivity contribution in [2.75, 3.05) is 33.9 Å². The van der Waals surface area contributed by atoms with Crippen molar-refractivity contribution in [1.29, 1.82) is 0 Å². The van der Waals surface area contributed by atoms with E-state index in [0.29, 0.717) is 36.7 Å². The Morgan fingerprint density at radius 3 is 2.58 bits per heavy atom. The number of benzene rings is 1. The summed E-state index contributed by atoms with van der Waals surface area (Å²) in [5, 5.41) is 2.62. The number of carbonyl (C=O) groups is 3. The second kappa shape index (κ2) is 9.22. The lowest BCUT2D eigenvalue weighted by molar-refractivity contribution is -0.132. The molecule has 1 aliphatic rings. The molecule has 7 nitrogen and oxygen atoms in total. The fourth-order valence-electron chi connectivity index (χ4n) is 3.15. The third-order valence-electron chi connectivity index (χ3n) is 4.53. The van der Waals surface area contributed by atoms with Gasteiger partial charge < -0.3 is 19.7 Å². The number of hydrogen-bond donors (Lipinski definition) is 1. The van der Waals surface area contributed by atoms with E-state index in [-0.39, 0.29) is 29.9 Å². The van der Waals surface area contributed by atoms with Crippen molar-refractivity contribution in [3.05, 3.63) is 23.8 Å². The number of rotatable bonds is 7. The Bertz CT molecular complexity index is 674. The van der Waals surface area contributed by atoms with Gasteiger partial charge >= 0.3 is 0 Å². The number of carbonyl (C=O) groups excluding carboxylic acids is 3. The molecule has 1 N–H and O–H groups in total. The Hall–Kier alpha value is -2.57. The first kappa shape index (κ1) is 19.8. The van der Waals surface area contributed by atoms with Crippen LogP contribution in [0.1, 0.15) is 36.5 Å². The highest BCUT2D eigenvalue weighted by atomic mass is 16.5. The van der Waals surface area contributed by atoms with E-state index in [9.17, 15) is 14.4 Å². The van der Waals surface area contributed by atoms with E-state index in [0.717, 1.165) is 12.8 Å². The van der Waals surface area contributed by atoms with E-state index in [4.69, 9.17) is 9.47 Å². The van der Waals surface area contributed by atoms with Gasteiger partial charge in [0, 0.05) is 44.5 Å². The second-order valence-corrected chi connectivity index (χ2v) is 6.35. The summed E-state index contributed by atoms with van der Waals surface area (Å²) in [5.74, 6) is 0.665. The maximum atomic E-state index is 12.8. The Morgan fingerprint density at radius 1 is 1.19 bits per heavy atom. The number of ether oxygens (including phenoxy) is 2. The Kier molecular flexibility index (Phi) is 7.00. The number of methoxy groups -OCH3 is 2. The minimum Gasteiger partial charge on any atom is -0.493 e. The van der Waals surface area contributed by atoms with E-state index >= 15 is 0 Å². The van der Waals surface area contributed by atoms with Crippen molar-refractivity contribution >= 4 is 17.6 Å². The van der Waals surface area contributed by atoms with E-state index < -0.39 is 0 Å². The van der Waals surface area contributed by atoms with Crippen LogP contribution in [0.3, 0.4) is 0 Å². The molecule has 0 radical (unpaired) electrons. The monoisotopic (exact) mass is 362 g/mol. The minimum atomic E-state index is -0.230. The molecule has 142 valence electrons. The quantitative estimate of drug-likeness (QED) is 0.746. The lowest BCUT2D eigenvalue weighted by atomic mass is 9.89. The SMILES string of the molecule is COc1ccc(C(=O)C2CCCN(C(=O)CCNC(C)=O)C2)cc1OC. The molecule has 0 saturated carbocycles. The summed E-state index contributed by atoms with van der Waals surface area (Å²) in [6.45, 7) is 2.79. The first-order valence-electron chi connectivity index (χ1n) is 8.74. The first-order chi connectivity index (χ1) is 12.5. The van der Waals surface area contributed by atoms with Crippen LogP contribution in [0, 0.1) is 5.92 Å². The molecule has 2 rings (SSSR count). The van der Waals surface area contributed by atoms with Crippen LogP contribution in [0.15, 0.2) is 18.2 Å². The van der Waals surface area contributed by atoms with Gasteiger partial charge in [-0.05, 0) is 31.0 Å². The van der Waals surface area contributed by atoms with Crippen LogP contribution >= 0.6 is 0 Å². The minimum absolute atomic E-state index is 0.00492. The van der Waals surface area contributed by atoms with Gasteiger partial charge in [0.05, 0.1) is 14.2 Å². The van der Waals surface area contributed by atoms with Crippen LogP contribution in [0.2, 0.25) is 0 Å². The number of Topliss-reactive ketones (excluding diaryl/α,β-unsaturated/α-hetero) is 1. The number of amides is 2. The summed E-state index contributed by atoms with van der Waals surface area (Å²) in [6, 6.07) is 5.12. The van der Waals surface area contributed by atoms with Crippen molar-refractivity contribution in [2.24, 2.45) is 5.92 Å². The third kappa shape index (κ3) is 4.97. The zero-order valence-electron chi connectivity index (χ0n) is 15.5. The summed E-state index contributed by atoms with van der Waals surface area (Å²) in [4.78, 5) is 37.8. The molecule has 1 aromatic carbocycles. The Labute approximate surface area is 153 Å². The molecule has 1 fully saturated rings. The average molecular weight is 362 g/mol. The lowest BCUT2D eigenvalue weighted by Crippen LogP contribution is -2.43. The molecule has 0 aliphatic carbocycles. The van der Waals surface area contributed by atoms with Gasteiger partial charge in [-0.2, -0.15) is 0 Å². The molecule has 0 bridgehead atoms. The molecule has 1 aromatic rings. The normalized spacial score (nSPS) is 16.7. The van der Waals surface area contributed by atoms with Crippen molar-refractivity contribution in [1.82, 2.24) is 10.2 Å². The van der Waals surface area contributed by atoms with Gasteiger partial charge in [0.1, 0.15) is 0 Å². The summed E-state index contributed by atoms with van der Waals surface area (Å²) < 4.78 is 10.5. The van der Waals surface area contributed by atoms with E-state index in [1.54, 1.807) is 30.2 Å². The van der Waals surface area contributed by atoms with Crippen LogP contribution < -0.4 is 14.8 Å². The highest BCUT2D eigenvalue weighted by molar-refractivity contribution is 5.99. The summed E-state index contributed by atoms with van der Waals surface area (Å²) >= 11 is 0. The standard InChI is InChI=1S/C19H26N2O5/c1-13(22)20-9-8-18(23)21-10-4-5-15(12-21)19(24)14-6-7-16(25-2)17(11-14)26-3/h6-7,11,15H,4-5,8-10,12H2,1-3H3,(H,20,22). The van der Waals surface area contributed by atoms with Gasteiger partial charge in [0.25, 0.3) is 0 Å². The number of ketones is 1. The number of likely N-dealkylation sites (tertiary alicyclic amines) is 1. The Morgan fingerprint density at radius 2 is 1.92 bits per heavy atom. The molecule has 0 spiro atoms. The zero-order chi connectivity index (χ0) is 19.1. The summed E-state index contributed by atoms with van der Waals surface area (Å²) in [6.07, 6.45) is 1.79. The topological polar surface area (TPSA) is 84.9 Å². The second-order valence-electron chi connectivity index (χ2n) is 6.35. The lowest BCUT2D eigenvalue weighted by Gasteiger charge is -2.32. The van der Waals surface area contributed by atoms with Crippen LogP contribution in [0.4, 0.5) is 0 Å². The number of hydrogen-bond acceptors (Lipinski definition) is 5. The molecule has 1 heterocycles. The fourth-order valence-corrected chi connectivity index (χ4v) is 3.15. The fraction of sp³-hybridized carbons (Fsp3) is 0.526. The van der Waals surface area contributed by atoms with Crippen molar-refractivity contribution in [2.45, 2.75) is 26.2 Å². The molecule has 26 heavy (non-hydrogen) atoms. The third-order valence-corrected chi connectivity index (χ3v) is 4.53. The van der Waals surface area contributed by atoms with E-state index in [2.05, 4.69) is 5.32 Å². The van der Waals surface area contributed by atoms with E-state index in [1.807, 2.05) is 0 Å². The molecule has 7 heteroatoms. The molecular weight excluding hydrogens is 336 g/mol. The van der Waals surface area contributed by atoms with Crippen LogP contribution in [0.5, 0.6) is 11.5 Å². The van der Waals surface area contributed by atoms with Gasteiger partial charge in [-0.3, -0.25) is 14.4 Å². The zero-order valence-corrected chi connectivity index (χ0v) is 15.5. The Balaban J connectivity index is 2.01. The average Bonchev–Trinajstić information content (AvgIpc) is 2.66. The first-order valence-corrected chi connectivity index (χ1v) is 8.74. The highest BCUT2D eigenvalue weighted by Gasteiger charge is 2.29. The number of nitrogens with zero attached hydrogens (tertiary/aromatic N) is 1.